The molecule has 1 aliphatic carbocycles. The molecule has 0 bridgehead atoms. The van der Waals surface area contributed by atoms with E-state index in [9.17, 15) is 5.11 Å². The number of aliphatic hydroxyl groups is 1. The van der Waals surface area contributed by atoms with Crippen LogP contribution in [-0.2, 0) is 0 Å². The molecule has 1 saturated carbocycles. The molecule has 1 saturated heterocycles. The number of nitrogens with zero attached hydrogens (tertiary/aromatic N) is 4. The molecule has 134 valence electrons. The van der Waals surface area contributed by atoms with Gasteiger partial charge < -0.3 is 20.2 Å². The van der Waals surface area contributed by atoms with Gasteiger partial charge >= 0.3 is 0 Å². The number of hydrogen-bond donors (Lipinski definition) is 2. The van der Waals surface area contributed by atoms with Gasteiger partial charge in [-0.15, -0.1) is 0 Å². The van der Waals surface area contributed by atoms with E-state index in [1.807, 2.05) is 6.07 Å². The van der Waals surface area contributed by atoms with Crippen molar-refractivity contribution in [2.45, 2.75) is 56.7 Å². The van der Waals surface area contributed by atoms with E-state index in [-0.39, 0.29) is 6.10 Å². The second-order valence-corrected chi connectivity index (χ2v) is 7.59. The maximum atomic E-state index is 9.62. The highest BCUT2D eigenvalue weighted by atomic mass is 35.5. The number of hydrogen-bond acceptors (Lipinski definition) is 6. The number of anilines is 2. The van der Waals surface area contributed by atoms with Gasteiger partial charge in [0.25, 0.3) is 0 Å². The van der Waals surface area contributed by atoms with Crippen molar-refractivity contribution in [2.75, 3.05) is 37.4 Å². The van der Waals surface area contributed by atoms with Crippen LogP contribution in [0.25, 0.3) is 0 Å². The Morgan fingerprint density at radius 1 is 1.12 bits per heavy atom. The first-order chi connectivity index (χ1) is 11.5. The van der Waals surface area contributed by atoms with E-state index < -0.39 is 0 Å². The molecule has 1 aromatic rings. The molecular weight excluding hydrogens is 326 g/mol. The zero-order valence-corrected chi connectivity index (χ0v) is 15.3. The topological polar surface area (TPSA) is 64.5 Å². The average molecular weight is 354 g/mol. The molecule has 0 radical (unpaired) electrons. The van der Waals surface area contributed by atoms with Gasteiger partial charge in [0.15, 0.2) is 0 Å². The maximum Gasteiger partial charge on any atom is 0.226 e. The van der Waals surface area contributed by atoms with Crippen LogP contribution in [0, 0.1) is 0 Å². The first kappa shape index (κ1) is 17.7. The molecule has 0 unspecified atom stereocenters. The van der Waals surface area contributed by atoms with Crippen molar-refractivity contribution < 1.29 is 5.11 Å². The third kappa shape index (κ3) is 4.49. The number of halogens is 1. The van der Waals surface area contributed by atoms with Crippen LogP contribution >= 0.6 is 11.6 Å². The minimum absolute atomic E-state index is 0.156. The van der Waals surface area contributed by atoms with Crippen molar-refractivity contribution in [2.24, 2.45) is 0 Å². The Morgan fingerprint density at radius 3 is 2.42 bits per heavy atom. The largest absolute Gasteiger partial charge is 0.393 e. The molecule has 0 amide bonds. The summed E-state index contributed by atoms with van der Waals surface area (Å²) >= 11 is 6.22. The lowest BCUT2D eigenvalue weighted by Gasteiger charge is -2.36. The lowest BCUT2D eigenvalue weighted by atomic mass is 9.93. The Balaban J connectivity index is 1.64. The van der Waals surface area contributed by atoms with Crippen LogP contribution in [-0.4, -0.2) is 65.3 Å². The molecule has 0 atom stereocenters. The van der Waals surface area contributed by atoms with Crippen LogP contribution in [0.3, 0.4) is 0 Å². The molecule has 2 aliphatic rings. The normalized spacial score (nSPS) is 26.0. The van der Waals surface area contributed by atoms with Gasteiger partial charge in [0, 0.05) is 31.2 Å². The highest BCUT2D eigenvalue weighted by Crippen LogP contribution is 2.25. The third-order valence-corrected chi connectivity index (χ3v) is 5.42. The highest BCUT2D eigenvalue weighted by Gasteiger charge is 2.23. The number of nitrogens with one attached hydrogen (secondary N) is 1. The van der Waals surface area contributed by atoms with Gasteiger partial charge in [0.1, 0.15) is 11.0 Å². The van der Waals surface area contributed by atoms with Crippen LogP contribution in [0.2, 0.25) is 5.15 Å². The molecule has 3 rings (SSSR count). The van der Waals surface area contributed by atoms with E-state index in [1.165, 1.54) is 0 Å². The first-order valence-electron chi connectivity index (χ1n) is 8.92. The number of piperidine rings is 1. The smallest absolute Gasteiger partial charge is 0.226 e. The fourth-order valence-corrected chi connectivity index (χ4v) is 3.82. The van der Waals surface area contributed by atoms with Crippen molar-refractivity contribution >= 4 is 23.4 Å². The van der Waals surface area contributed by atoms with Crippen molar-refractivity contribution in [3.8, 4) is 0 Å². The third-order valence-electron chi connectivity index (χ3n) is 5.23. The van der Waals surface area contributed by atoms with Crippen molar-refractivity contribution in [1.82, 2.24) is 14.9 Å². The van der Waals surface area contributed by atoms with E-state index in [0.717, 1.165) is 57.4 Å². The summed E-state index contributed by atoms with van der Waals surface area (Å²) in [7, 11) is 4.29. The minimum atomic E-state index is -0.156. The monoisotopic (exact) mass is 353 g/mol. The van der Waals surface area contributed by atoms with Crippen LogP contribution in [0.1, 0.15) is 38.5 Å². The fraction of sp³-hybridized carbons (Fsp3) is 0.765. The number of aliphatic hydroxyl groups excluding tert-OH is 1. The minimum Gasteiger partial charge on any atom is -0.393 e. The lowest BCUT2D eigenvalue weighted by molar-refractivity contribution is 0.126. The first-order valence-corrected chi connectivity index (χ1v) is 9.29. The summed E-state index contributed by atoms with van der Waals surface area (Å²) in [6.45, 7) is 1.98. The Labute approximate surface area is 149 Å². The molecule has 7 heteroatoms. The van der Waals surface area contributed by atoms with Crippen LogP contribution in [0.5, 0.6) is 0 Å². The summed E-state index contributed by atoms with van der Waals surface area (Å²) in [6, 6.07) is 2.82. The maximum absolute atomic E-state index is 9.62. The van der Waals surface area contributed by atoms with E-state index >= 15 is 0 Å². The second kappa shape index (κ2) is 7.85. The summed E-state index contributed by atoms with van der Waals surface area (Å²) in [4.78, 5) is 13.6. The molecule has 2 heterocycles. The zero-order chi connectivity index (χ0) is 17.1. The van der Waals surface area contributed by atoms with Gasteiger partial charge in [-0.1, -0.05) is 11.6 Å². The van der Waals surface area contributed by atoms with Gasteiger partial charge in [0.2, 0.25) is 5.95 Å². The number of rotatable bonds is 4. The summed E-state index contributed by atoms with van der Waals surface area (Å²) in [5, 5.41) is 13.5. The molecule has 0 aromatic carbocycles. The van der Waals surface area contributed by atoms with Crippen LogP contribution in [0.4, 0.5) is 11.8 Å². The van der Waals surface area contributed by atoms with Crippen LogP contribution in [0.15, 0.2) is 6.07 Å². The molecule has 2 fully saturated rings. The van der Waals surface area contributed by atoms with E-state index in [2.05, 4.69) is 39.2 Å². The van der Waals surface area contributed by atoms with E-state index in [4.69, 9.17) is 11.6 Å². The van der Waals surface area contributed by atoms with Gasteiger partial charge in [-0.05, 0) is 52.6 Å². The summed E-state index contributed by atoms with van der Waals surface area (Å²) in [5.41, 5.74) is 0. The Morgan fingerprint density at radius 2 is 1.79 bits per heavy atom. The standard InChI is InChI=1S/C17H28ClN5O/c1-22(2)13-7-9-23(10-8-13)16-11-15(18)20-17(21-16)19-12-3-5-14(24)6-4-12/h11-14,24H,3-10H2,1-2H3,(H,19,20,21). The van der Waals surface area contributed by atoms with Gasteiger partial charge in [0.05, 0.1) is 6.10 Å². The molecule has 1 aromatic heterocycles. The second-order valence-electron chi connectivity index (χ2n) is 7.20. The Kier molecular flexibility index (Phi) is 5.79. The Bertz CT molecular complexity index is 540. The molecule has 1 aliphatic heterocycles. The summed E-state index contributed by atoms with van der Waals surface area (Å²) < 4.78 is 0. The van der Waals surface area contributed by atoms with Crippen molar-refractivity contribution in [1.29, 1.82) is 0 Å². The zero-order valence-electron chi connectivity index (χ0n) is 14.6. The fourth-order valence-electron chi connectivity index (χ4n) is 3.65. The molecular formula is C17H28ClN5O. The quantitative estimate of drug-likeness (QED) is 0.810. The molecule has 2 N–H and O–H groups in total. The van der Waals surface area contributed by atoms with Crippen molar-refractivity contribution in [3.05, 3.63) is 11.2 Å². The molecule has 6 nitrogen and oxygen atoms in total. The lowest BCUT2D eigenvalue weighted by Crippen LogP contribution is -2.42. The van der Waals surface area contributed by atoms with Crippen LogP contribution < -0.4 is 10.2 Å². The predicted octanol–water partition coefficient (Wildman–Crippen LogP) is 2.38. The highest BCUT2D eigenvalue weighted by molar-refractivity contribution is 6.29. The average Bonchev–Trinajstić information content (AvgIpc) is 2.56. The van der Waals surface area contributed by atoms with E-state index in [1.54, 1.807) is 0 Å². The predicted molar refractivity (Wildman–Crippen MR) is 97.8 cm³/mol. The molecule has 0 spiro atoms. The van der Waals surface area contributed by atoms with E-state index in [0.29, 0.717) is 23.2 Å². The Hall–Kier alpha value is -1.11. The summed E-state index contributed by atoms with van der Waals surface area (Å²) in [6.07, 6.45) is 5.68. The SMILES string of the molecule is CN(C)C1CCN(c2cc(Cl)nc(NC3CCC(O)CC3)n2)CC1. The summed E-state index contributed by atoms with van der Waals surface area (Å²) in [5.74, 6) is 1.51. The van der Waals surface area contributed by atoms with Crippen molar-refractivity contribution in [3.63, 3.8) is 0 Å². The van der Waals surface area contributed by atoms with Gasteiger partial charge in [-0.3, -0.25) is 0 Å². The van der Waals surface area contributed by atoms with Gasteiger partial charge in [-0.2, -0.15) is 4.98 Å². The number of aromatic nitrogens is 2. The van der Waals surface area contributed by atoms with Gasteiger partial charge in [-0.25, -0.2) is 4.98 Å². The molecule has 24 heavy (non-hydrogen) atoms.